The topological polar surface area (TPSA) is 63.6 Å². The van der Waals surface area contributed by atoms with E-state index in [4.69, 9.17) is 10.7 Å². The zero-order valence-corrected chi connectivity index (χ0v) is 7.83. The summed E-state index contributed by atoms with van der Waals surface area (Å²) in [5.41, 5.74) is 0.245. The van der Waals surface area contributed by atoms with E-state index in [1.165, 1.54) is 6.92 Å². The molecule has 0 saturated carbocycles. The van der Waals surface area contributed by atoms with Gasteiger partial charge in [0.25, 0.3) is 9.05 Å². The molecule has 1 rings (SSSR count). The first kappa shape index (κ1) is 9.02. The largest absolute Gasteiger partial charge is 0.306 e. The third-order valence-corrected chi connectivity index (χ3v) is 4.67. The molecule has 62 valence electrons. The van der Waals surface area contributed by atoms with E-state index in [2.05, 4.69) is 4.99 Å². The first-order valence-electron chi connectivity index (χ1n) is 2.60. The van der Waals surface area contributed by atoms with Gasteiger partial charge in [0.05, 0.1) is 0 Å². The average Bonchev–Trinajstić information content (AvgIpc) is 2.08. The predicted octanol–water partition coefficient (Wildman–Crippen LogP) is 1.21. The molecule has 1 amide bonds. The van der Waals surface area contributed by atoms with Gasteiger partial charge in [-0.15, -0.1) is 0 Å². The summed E-state index contributed by atoms with van der Waals surface area (Å²) < 4.78 is 20.4. The van der Waals surface area contributed by atoms with Crippen LogP contribution in [-0.4, -0.2) is 24.0 Å². The normalized spacial score (nSPS) is 25.5. The van der Waals surface area contributed by atoms with Gasteiger partial charge in [-0.1, -0.05) is 0 Å². The fourth-order valence-electron chi connectivity index (χ4n) is 0.661. The Morgan fingerprint density at radius 1 is 1.64 bits per heavy atom. The Bertz CT molecular complexity index is 320. The summed E-state index contributed by atoms with van der Waals surface area (Å²) in [6.07, 6.45) is 0. The highest BCUT2D eigenvalue weighted by atomic mass is 35.7. The number of rotatable bonds is 1. The molecular weight excluding hydrogens is 210 g/mol. The number of carbonyl (C=O) groups is 1. The lowest BCUT2D eigenvalue weighted by Crippen LogP contribution is -2.17. The first-order valence-corrected chi connectivity index (χ1v) is 5.86. The molecule has 1 aliphatic rings. The van der Waals surface area contributed by atoms with Crippen LogP contribution in [0.4, 0.5) is 4.79 Å². The van der Waals surface area contributed by atoms with Crippen LogP contribution in [0.25, 0.3) is 0 Å². The number of carbonyl (C=O) groups excluding carboxylic acids is 1. The Balaban J connectivity index is 2.98. The zero-order chi connectivity index (χ0) is 8.65. The highest BCUT2D eigenvalue weighted by Crippen LogP contribution is 2.29. The van der Waals surface area contributed by atoms with E-state index in [1.807, 2.05) is 0 Å². The Hall–Kier alpha value is -0.0700. The van der Waals surface area contributed by atoms with Crippen LogP contribution >= 0.6 is 22.4 Å². The number of hydrogen-bond donors (Lipinski definition) is 0. The van der Waals surface area contributed by atoms with Crippen molar-refractivity contribution in [3.8, 4) is 0 Å². The number of nitrogens with zero attached hydrogens (tertiary/aromatic N) is 1. The maximum absolute atomic E-state index is 10.7. The molecule has 0 bridgehead atoms. The van der Waals surface area contributed by atoms with Crippen molar-refractivity contribution in [2.75, 3.05) is 0 Å². The highest BCUT2D eigenvalue weighted by Gasteiger charge is 2.34. The highest BCUT2D eigenvalue weighted by molar-refractivity contribution is 8.30. The van der Waals surface area contributed by atoms with Gasteiger partial charge < -0.3 is 0 Å². The van der Waals surface area contributed by atoms with Crippen LogP contribution in [0.2, 0.25) is 0 Å². The average molecular weight is 214 g/mol. The van der Waals surface area contributed by atoms with E-state index in [-0.39, 0.29) is 5.71 Å². The van der Waals surface area contributed by atoms with Crippen LogP contribution in [0.3, 0.4) is 0 Å². The zero-order valence-electron chi connectivity index (χ0n) is 5.44. The third kappa shape index (κ3) is 1.94. The fraction of sp³-hybridized carbons (Fsp3) is 0.500. The van der Waals surface area contributed by atoms with E-state index < -0.39 is 18.9 Å². The number of hydrogen-bond acceptors (Lipinski definition) is 4. The molecule has 0 saturated heterocycles. The molecule has 0 aromatic rings. The molecule has 0 aromatic heterocycles. The summed E-state index contributed by atoms with van der Waals surface area (Å²) in [5.74, 6) is 0. The van der Waals surface area contributed by atoms with Crippen molar-refractivity contribution in [2.24, 2.45) is 4.99 Å². The van der Waals surface area contributed by atoms with Crippen LogP contribution in [0.15, 0.2) is 4.99 Å². The second kappa shape index (κ2) is 2.76. The maximum Gasteiger partial charge on any atom is 0.306 e. The summed E-state index contributed by atoms with van der Waals surface area (Å²) in [6.45, 7) is 1.46. The van der Waals surface area contributed by atoms with Gasteiger partial charge in [0.2, 0.25) is 0 Å². The SMILES string of the molecule is CC1=NC(=O)SC1S(=O)(=O)Cl. The third-order valence-electron chi connectivity index (χ3n) is 1.07. The summed E-state index contributed by atoms with van der Waals surface area (Å²) in [4.78, 5) is 14.0. The Morgan fingerprint density at radius 3 is 2.36 bits per heavy atom. The van der Waals surface area contributed by atoms with Gasteiger partial charge >= 0.3 is 5.24 Å². The Kier molecular flexibility index (Phi) is 2.27. The van der Waals surface area contributed by atoms with Gasteiger partial charge in [-0.3, -0.25) is 4.79 Å². The quantitative estimate of drug-likeness (QED) is 0.615. The minimum atomic E-state index is -3.70. The Morgan fingerprint density at radius 2 is 2.18 bits per heavy atom. The van der Waals surface area contributed by atoms with Crippen molar-refractivity contribution in [3.05, 3.63) is 0 Å². The molecule has 0 fully saturated rings. The fourth-order valence-corrected chi connectivity index (χ4v) is 3.15. The lowest BCUT2D eigenvalue weighted by atomic mass is 10.5. The molecule has 4 nitrogen and oxygen atoms in total. The van der Waals surface area contributed by atoms with Gasteiger partial charge in [0.1, 0.15) is 0 Å². The van der Waals surface area contributed by atoms with E-state index in [9.17, 15) is 13.2 Å². The van der Waals surface area contributed by atoms with E-state index >= 15 is 0 Å². The smallest absolute Gasteiger partial charge is 0.259 e. The predicted molar refractivity (Wildman–Crippen MR) is 44.7 cm³/mol. The molecular formula is C4H4ClNO3S2. The monoisotopic (exact) mass is 213 g/mol. The van der Waals surface area contributed by atoms with Crippen LogP contribution in [0.5, 0.6) is 0 Å². The molecule has 0 aliphatic carbocycles. The van der Waals surface area contributed by atoms with E-state index in [0.29, 0.717) is 11.8 Å². The van der Waals surface area contributed by atoms with Crippen molar-refractivity contribution in [1.82, 2.24) is 0 Å². The summed E-state index contributed by atoms with van der Waals surface area (Å²) in [7, 11) is 1.32. The van der Waals surface area contributed by atoms with Crippen molar-refractivity contribution in [2.45, 2.75) is 11.5 Å². The van der Waals surface area contributed by atoms with Crippen LogP contribution in [-0.2, 0) is 9.05 Å². The first-order chi connectivity index (χ1) is 4.91. The van der Waals surface area contributed by atoms with Crippen LogP contribution in [0.1, 0.15) is 6.92 Å². The van der Waals surface area contributed by atoms with Crippen molar-refractivity contribution in [1.29, 1.82) is 0 Å². The molecule has 11 heavy (non-hydrogen) atoms. The lowest BCUT2D eigenvalue weighted by molar-refractivity contribution is 0.268. The van der Waals surface area contributed by atoms with Crippen molar-refractivity contribution >= 4 is 42.4 Å². The van der Waals surface area contributed by atoms with Gasteiger partial charge in [-0.2, -0.15) is 0 Å². The second-order valence-electron chi connectivity index (χ2n) is 1.94. The molecule has 1 heterocycles. The standard InChI is InChI=1S/C4H4ClNO3S2/c1-2-3(11(5,8)9)10-4(7)6-2/h3H,1H3. The van der Waals surface area contributed by atoms with Gasteiger partial charge in [-0.05, 0) is 18.7 Å². The lowest BCUT2D eigenvalue weighted by Gasteiger charge is -2.00. The molecule has 0 spiro atoms. The Labute approximate surface area is 72.4 Å². The van der Waals surface area contributed by atoms with Crippen molar-refractivity contribution in [3.63, 3.8) is 0 Å². The summed E-state index contributed by atoms with van der Waals surface area (Å²) >= 11 is 0.618. The maximum atomic E-state index is 10.7. The minimum Gasteiger partial charge on any atom is -0.259 e. The van der Waals surface area contributed by atoms with Gasteiger partial charge in [-0.25, -0.2) is 13.4 Å². The van der Waals surface area contributed by atoms with Gasteiger partial charge in [0, 0.05) is 16.4 Å². The van der Waals surface area contributed by atoms with E-state index in [1.54, 1.807) is 0 Å². The number of thioether (sulfide) groups is 1. The van der Waals surface area contributed by atoms with Crippen LogP contribution < -0.4 is 0 Å². The number of halogens is 1. The van der Waals surface area contributed by atoms with Crippen molar-refractivity contribution < 1.29 is 13.2 Å². The van der Waals surface area contributed by atoms with Gasteiger partial charge in [0.15, 0.2) is 4.58 Å². The second-order valence-corrected chi connectivity index (χ2v) is 6.01. The summed E-state index contributed by atoms with van der Waals surface area (Å²) in [5, 5.41) is -0.503. The molecule has 0 aromatic carbocycles. The summed E-state index contributed by atoms with van der Waals surface area (Å²) in [6, 6.07) is 0. The number of aliphatic imine (C=N–C) groups is 1. The molecule has 0 N–H and O–H groups in total. The minimum absolute atomic E-state index is 0.245. The molecule has 1 atom stereocenters. The molecule has 1 aliphatic heterocycles. The number of amides is 1. The van der Waals surface area contributed by atoms with Crippen LogP contribution in [0, 0.1) is 0 Å². The van der Waals surface area contributed by atoms with E-state index in [0.717, 1.165) is 0 Å². The molecule has 7 heteroatoms. The molecule has 1 unspecified atom stereocenters. The molecule has 0 radical (unpaired) electrons.